The third-order valence-corrected chi connectivity index (χ3v) is 11.7. The SMILES string of the molecule is CCc1cc(CC)c(-c2cc3ccccc3c3c2OP(N)(=O)Oc2c(-c4c(CC)cc(CC)cc4CC)cc4cc(Br)ccc4c2-3)c(CC)c1. The summed E-state index contributed by atoms with van der Waals surface area (Å²) in [6.45, 7) is 13.2. The number of rotatable bonds is 8. The normalized spacial score (nSPS) is 15.4. The first-order valence-electron chi connectivity index (χ1n) is 18.0. The maximum atomic E-state index is 14.6. The van der Waals surface area contributed by atoms with Crippen molar-refractivity contribution < 1.29 is 13.6 Å². The van der Waals surface area contributed by atoms with Gasteiger partial charge in [0.25, 0.3) is 0 Å². The summed E-state index contributed by atoms with van der Waals surface area (Å²) < 4.78 is 28.8. The summed E-state index contributed by atoms with van der Waals surface area (Å²) in [5, 5.41) is 4.09. The second-order valence-electron chi connectivity index (χ2n) is 13.3. The van der Waals surface area contributed by atoms with Crippen LogP contribution in [0.25, 0.3) is 54.9 Å². The van der Waals surface area contributed by atoms with Gasteiger partial charge in [0, 0.05) is 26.7 Å². The zero-order valence-corrected chi connectivity index (χ0v) is 32.4. The van der Waals surface area contributed by atoms with Crippen molar-refractivity contribution in [2.45, 2.75) is 80.1 Å². The van der Waals surface area contributed by atoms with Crippen molar-refractivity contribution in [3.63, 3.8) is 0 Å². The molecule has 4 nitrogen and oxygen atoms in total. The maximum Gasteiger partial charge on any atom is 0.510 e. The molecule has 0 spiro atoms. The highest BCUT2D eigenvalue weighted by Gasteiger charge is 2.37. The number of halogens is 1. The van der Waals surface area contributed by atoms with Gasteiger partial charge < -0.3 is 9.05 Å². The van der Waals surface area contributed by atoms with Gasteiger partial charge in [0.2, 0.25) is 0 Å². The van der Waals surface area contributed by atoms with Gasteiger partial charge in [-0.3, -0.25) is 0 Å². The van der Waals surface area contributed by atoms with Crippen molar-refractivity contribution in [1.82, 2.24) is 0 Å². The summed E-state index contributed by atoms with van der Waals surface area (Å²) in [7, 11) is -4.19. The lowest BCUT2D eigenvalue weighted by Crippen LogP contribution is -2.09. The van der Waals surface area contributed by atoms with Crippen LogP contribution < -0.4 is 14.6 Å². The van der Waals surface area contributed by atoms with E-state index >= 15 is 0 Å². The van der Waals surface area contributed by atoms with E-state index in [4.69, 9.17) is 14.6 Å². The van der Waals surface area contributed by atoms with Crippen LogP contribution in [0.2, 0.25) is 0 Å². The lowest BCUT2D eigenvalue weighted by atomic mass is 9.82. The van der Waals surface area contributed by atoms with E-state index in [1.54, 1.807) is 0 Å². The molecule has 0 aromatic heterocycles. The molecule has 0 fully saturated rings. The smallest absolute Gasteiger partial charge is 0.403 e. The highest BCUT2D eigenvalue weighted by Crippen LogP contribution is 2.61. The fourth-order valence-electron chi connectivity index (χ4n) is 7.91. The first-order chi connectivity index (χ1) is 24.1. The number of benzene rings is 6. The Hall–Kier alpha value is -3.89. The van der Waals surface area contributed by atoms with Gasteiger partial charge in [-0.2, -0.15) is 0 Å². The zero-order valence-electron chi connectivity index (χ0n) is 29.9. The first kappa shape index (κ1) is 34.6. The summed E-state index contributed by atoms with van der Waals surface area (Å²) in [5.41, 5.74) is 20.0. The predicted octanol–water partition coefficient (Wildman–Crippen LogP) is 13.0. The van der Waals surface area contributed by atoms with Crippen LogP contribution >= 0.6 is 23.7 Å². The molecule has 0 radical (unpaired) electrons. The molecule has 0 saturated heterocycles. The Bertz CT molecular complexity index is 2310. The van der Waals surface area contributed by atoms with E-state index in [-0.39, 0.29) is 0 Å². The summed E-state index contributed by atoms with van der Waals surface area (Å²) in [6.07, 6.45) is 5.28. The predicted molar refractivity (Wildman–Crippen MR) is 215 cm³/mol. The lowest BCUT2D eigenvalue weighted by Gasteiger charge is -2.23. The Morgan fingerprint density at radius 2 is 0.980 bits per heavy atom. The number of aryl methyl sites for hydroxylation is 6. The molecule has 7 rings (SSSR count). The van der Waals surface area contributed by atoms with Gasteiger partial charge in [0.1, 0.15) is 11.5 Å². The van der Waals surface area contributed by atoms with E-state index in [1.165, 1.54) is 33.4 Å². The monoisotopic (exact) mass is 745 g/mol. The first-order valence-corrected chi connectivity index (χ1v) is 20.5. The maximum absolute atomic E-state index is 14.6. The van der Waals surface area contributed by atoms with Gasteiger partial charge in [-0.15, -0.1) is 0 Å². The van der Waals surface area contributed by atoms with E-state index in [2.05, 4.69) is 136 Å². The Morgan fingerprint density at radius 1 is 0.540 bits per heavy atom. The fraction of sp³-hybridized carbons (Fsp3) is 0.273. The minimum absolute atomic E-state index is 0.508. The van der Waals surface area contributed by atoms with Crippen LogP contribution in [0.5, 0.6) is 11.5 Å². The lowest BCUT2D eigenvalue weighted by molar-refractivity contribution is 0.394. The van der Waals surface area contributed by atoms with Crippen LogP contribution in [-0.4, -0.2) is 0 Å². The van der Waals surface area contributed by atoms with Crippen molar-refractivity contribution in [2.75, 3.05) is 0 Å². The second kappa shape index (κ2) is 13.7. The topological polar surface area (TPSA) is 61.5 Å². The third-order valence-electron chi connectivity index (χ3n) is 10.3. The Morgan fingerprint density at radius 3 is 1.44 bits per heavy atom. The van der Waals surface area contributed by atoms with Crippen molar-refractivity contribution in [3.8, 4) is 44.9 Å². The molecule has 6 heteroatoms. The van der Waals surface area contributed by atoms with Crippen LogP contribution in [0.1, 0.15) is 74.9 Å². The quantitative estimate of drug-likeness (QED) is 0.158. The van der Waals surface area contributed by atoms with Gasteiger partial charge in [-0.1, -0.05) is 112 Å². The molecule has 1 unspecified atom stereocenters. The van der Waals surface area contributed by atoms with Gasteiger partial charge in [0.15, 0.2) is 0 Å². The standard InChI is InChI=1S/C44H45BrNO3P/c1-7-26-19-28(9-3)39(29(10-4)20-26)37-24-32-15-13-14-16-35(32)41-42-36-18-17-34(45)23-33(36)25-38(44(42)49-50(46,47)48-43(37)41)40-30(11-5)21-27(8-2)22-31(40)12-6/h13-25H,7-12H2,1-6H3,(H2,46,47). The third kappa shape index (κ3) is 5.88. The van der Waals surface area contributed by atoms with Crippen LogP contribution in [0.15, 0.2) is 83.3 Å². The van der Waals surface area contributed by atoms with Gasteiger partial charge in [-0.05, 0) is 129 Å². The zero-order chi connectivity index (χ0) is 35.3. The van der Waals surface area contributed by atoms with Crippen molar-refractivity contribution in [3.05, 3.63) is 117 Å². The van der Waals surface area contributed by atoms with Crippen LogP contribution in [0.4, 0.5) is 0 Å². The molecule has 1 aliphatic heterocycles. The van der Waals surface area contributed by atoms with E-state index in [9.17, 15) is 4.57 Å². The van der Waals surface area contributed by atoms with Crippen LogP contribution in [0.3, 0.4) is 0 Å². The number of fused-ring (bicyclic) bond motifs is 7. The second-order valence-corrected chi connectivity index (χ2v) is 15.6. The number of hydrogen-bond donors (Lipinski definition) is 1. The van der Waals surface area contributed by atoms with Gasteiger partial charge >= 0.3 is 7.75 Å². The van der Waals surface area contributed by atoms with E-state index in [1.807, 2.05) is 0 Å². The summed E-state index contributed by atoms with van der Waals surface area (Å²) in [4.78, 5) is 0. The molecule has 6 aromatic carbocycles. The van der Waals surface area contributed by atoms with Crippen LogP contribution in [-0.2, 0) is 43.1 Å². The fourth-order valence-corrected chi connectivity index (χ4v) is 9.22. The van der Waals surface area contributed by atoms with Gasteiger partial charge in [-0.25, -0.2) is 10.1 Å². The highest BCUT2D eigenvalue weighted by molar-refractivity contribution is 9.10. The Balaban J connectivity index is 1.72. The molecular weight excluding hydrogens is 701 g/mol. The average molecular weight is 747 g/mol. The van der Waals surface area contributed by atoms with Gasteiger partial charge in [0.05, 0.1) is 0 Å². The summed E-state index contributed by atoms with van der Waals surface area (Å²) in [5.74, 6) is 1.02. The van der Waals surface area contributed by atoms with E-state index < -0.39 is 7.75 Å². The molecule has 1 heterocycles. The van der Waals surface area contributed by atoms with Crippen molar-refractivity contribution in [2.24, 2.45) is 5.50 Å². The van der Waals surface area contributed by atoms with E-state index in [0.717, 1.165) is 97.9 Å². The molecule has 0 bridgehead atoms. The average Bonchev–Trinajstić information content (AvgIpc) is 3.26. The minimum Gasteiger partial charge on any atom is -0.403 e. The Labute approximate surface area is 304 Å². The molecule has 0 aliphatic carbocycles. The highest BCUT2D eigenvalue weighted by atomic mass is 79.9. The molecule has 1 atom stereocenters. The van der Waals surface area contributed by atoms with Crippen molar-refractivity contribution >= 4 is 45.2 Å². The molecular formula is C44H45BrNO3P. The number of nitrogens with two attached hydrogens (primary N) is 1. The summed E-state index contributed by atoms with van der Waals surface area (Å²) in [6, 6.07) is 28.3. The molecule has 2 N–H and O–H groups in total. The molecule has 0 amide bonds. The van der Waals surface area contributed by atoms with Crippen LogP contribution in [0, 0.1) is 0 Å². The van der Waals surface area contributed by atoms with Crippen molar-refractivity contribution in [1.29, 1.82) is 0 Å². The van der Waals surface area contributed by atoms with E-state index in [0.29, 0.717) is 11.5 Å². The molecule has 256 valence electrons. The Kier molecular flexibility index (Phi) is 9.45. The molecule has 1 aliphatic rings. The summed E-state index contributed by atoms with van der Waals surface area (Å²) >= 11 is 3.75. The molecule has 0 saturated carbocycles. The minimum atomic E-state index is -4.19. The molecule has 6 aromatic rings. The number of hydrogen-bond acceptors (Lipinski definition) is 3. The molecule has 50 heavy (non-hydrogen) atoms. The largest absolute Gasteiger partial charge is 0.510 e.